The summed E-state index contributed by atoms with van der Waals surface area (Å²) in [6, 6.07) is 7.92. The minimum Gasteiger partial charge on any atom is -0.312 e. The second-order valence-electron chi connectivity index (χ2n) is 7.58. The molecule has 1 aromatic heterocycles. The first-order chi connectivity index (χ1) is 12.3. The highest BCUT2D eigenvalue weighted by molar-refractivity contribution is 7.15. The highest BCUT2D eigenvalue weighted by Crippen LogP contribution is 2.29. The van der Waals surface area contributed by atoms with Crippen LogP contribution in [0, 0.1) is 5.92 Å². The molecule has 1 fully saturated rings. The molecule has 1 N–H and O–H groups in total. The van der Waals surface area contributed by atoms with Crippen LogP contribution in [0.4, 0.5) is 10.8 Å². The number of hydrogen-bond donors (Lipinski definition) is 1. The molecule has 7 heteroatoms. The lowest BCUT2D eigenvalue weighted by atomic mass is 9.98. The summed E-state index contributed by atoms with van der Waals surface area (Å²) in [5, 5.41) is 12.4. The molecule has 1 atom stereocenters. The summed E-state index contributed by atoms with van der Waals surface area (Å²) >= 11 is 1.38. The Hall–Kier alpha value is -2.28. The van der Waals surface area contributed by atoms with E-state index in [0.29, 0.717) is 11.7 Å². The van der Waals surface area contributed by atoms with Crippen LogP contribution in [0.1, 0.15) is 44.7 Å². The van der Waals surface area contributed by atoms with E-state index in [1.54, 1.807) is 4.90 Å². The van der Waals surface area contributed by atoms with Crippen LogP contribution in [0.15, 0.2) is 24.3 Å². The van der Waals surface area contributed by atoms with E-state index < -0.39 is 0 Å². The highest BCUT2D eigenvalue weighted by atomic mass is 32.1. The van der Waals surface area contributed by atoms with Crippen molar-refractivity contribution >= 4 is 34.0 Å². The number of carbonyl (C=O) groups is 2. The lowest BCUT2D eigenvalue weighted by Crippen LogP contribution is -2.28. The number of hydrogen-bond acceptors (Lipinski definition) is 5. The molecule has 2 heterocycles. The highest BCUT2D eigenvalue weighted by Gasteiger charge is 2.35. The van der Waals surface area contributed by atoms with Crippen LogP contribution < -0.4 is 10.2 Å². The maximum Gasteiger partial charge on any atom is 0.231 e. The van der Waals surface area contributed by atoms with E-state index in [0.717, 1.165) is 17.1 Å². The zero-order valence-corrected chi connectivity index (χ0v) is 16.4. The Morgan fingerprint density at radius 2 is 1.96 bits per heavy atom. The van der Waals surface area contributed by atoms with Crippen LogP contribution in [-0.2, 0) is 21.4 Å². The largest absolute Gasteiger partial charge is 0.312 e. The van der Waals surface area contributed by atoms with E-state index in [1.807, 2.05) is 24.3 Å². The Morgan fingerprint density at radius 1 is 1.27 bits per heavy atom. The molecule has 138 valence electrons. The lowest BCUT2D eigenvalue weighted by Gasteiger charge is -2.17. The third-order valence-electron chi connectivity index (χ3n) is 4.45. The molecule has 2 aromatic rings. The summed E-state index contributed by atoms with van der Waals surface area (Å²) in [6.45, 7) is 8.64. The molecule has 1 aliphatic heterocycles. The Bertz CT molecular complexity index is 808. The summed E-state index contributed by atoms with van der Waals surface area (Å²) in [7, 11) is 0. The van der Waals surface area contributed by atoms with Crippen LogP contribution in [0.2, 0.25) is 0 Å². The van der Waals surface area contributed by atoms with Gasteiger partial charge in [-0.25, -0.2) is 0 Å². The van der Waals surface area contributed by atoms with Gasteiger partial charge in [0.2, 0.25) is 16.9 Å². The number of amides is 2. The molecule has 1 aromatic carbocycles. The van der Waals surface area contributed by atoms with E-state index in [1.165, 1.54) is 16.9 Å². The van der Waals surface area contributed by atoms with Gasteiger partial charge in [0.1, 0.15) is 5.01 Å². The van der Waals surface area contributed by atoms with Gasteiger partial charge >= 0.3 is 0 Å². The average Bonchev–Trinajstić information content (AvgIpc) is 3.21. The second kappa shape index (κ2) is 7.15. The molecule has 26 heavy (non-hydrogen) atoms. The van der Waals surface area contributed by atoms with Gasteiger partial charge in [-0.05, 0) is 24.1 Å². The molecular formula is C19H24N4O2S. The van der Waals surface area contributed by atoms with Gasteiger partial charge in [0.15, 0.2) is 0 Å². The van der Waals surface area contributed by atoms with E-state index in [-0.39, 0.29) is 29.6 Å². The molecule has 0 bridgehead atoms. The predicted octanol–water partition coefficient (Wildman–Crippen LogP) is 3.39. The molecule has 1 aliphatic rings. The number of rotatable bonds is 4. The summed E-state index contributed by atoms with van der Waals surface area (Å²) in [5.41, 5.74) is 1.96. The molecule has 2 amide bonds. The fourth-order valence-electron chi connectivity index (χ4n) is 2.83. The molecule has 0 radical (unpaired) electrons. The fourth-order valence-corrected chi connectivity index (χ4v) is 3.63. The minimum absolute atomic E-state index is 0.0259. The van der Waals surface area contributed by atoms with Crippen LogP contribution >= 0.6 is 11.3 Å². The second-order valence-corrected chi connectivity index (χ2v) is 8.55. The first kappa shape index (κ1) is 18.5. The SMILES string of the molecule is CCc1ccc(N2C[C@@H](C(=O)Nc3nnc(C(C)(C)C)s3)CC2=O)cc1. The van der Waals surface area contributed by atoms with E-state index in [9.17, 15) is 9.59 Å². The zero-order chi connectivity index (χ0) is 18.9. The van der Waals surface area contributed by atoms with Gasteiger partial charge in [-0.15, -0.1) is 10.2 Å². The van der Waals surface area contributed by atoms with E-state index >= 15 is 0 Å². The number of carbonyl (C=O) groups excluding carboxylic acids is 2. The maximum absolute atomic E-state index is 12.5. The predicted molar refractivity (Wildman–Crippen MR) is 104 cm³/mol. The lowest BCUT2D eigenvalue weighted by molar-refractivity contribution is -0.122. The van der Waals surface area contributed by atoms with Crippen LogP contribution in [-0.4, -0.2) is 28.6 Å². The number of benzene rings is 1. The number of anilines is 2. The van der Waals surface area contributed by atoms with Gasteiger partial charge in [0.25, 0.3) is 0 Å². The molecule has 3 rings (SSSR count). The molecule has 6 nitrogen and oxygen atoms in total. The van der Waals surface area contributed by atoms with Crippen molar-refractivity contribution in [1.29, 1.82) is 0 Å². The first-order valence-corrected chi connectivity index (χ1v) is 9.63. The Kier molecular flexibility index (Phi) is 5.09. The van der Waals surface area contributed by atoms with Gasteiger partial charge in [0, 0.05) is 24.1 Å². The van der Waals surface area contributed by atoms with Gasteiger partial charge in [-0.2, -0.15) is 0 Å². The topological polar surface area (TPSA) is 75.2 Å². The number of aromatic nitrogens is 2. The Morgan fingerprint density at radius 3 is 2.54 bits per heavy atom. The number of aryl methyl sites for hydroxylation is 1. The summed E-state index contributed by atoms with van der Waals surface area (Å²) in [6.07, 6.45) is 1.17. The van der Waals surface area contributed by atoms with Gasteiger partial charge < -0.3 is 10.2 Å². The smallest absolute Gasteiger partial charge is 0.231 e. The molecule has 0 unspecified atom stereocenters. The van der Waals surface area contributed by atoms with Crippen molar-refractivity contribution in [2.24, 2.45) is 5.92 Å². The van der Waals surface area contributed by atoms with Crippen molar-refractivity contribution in [3.05, 3.63) is 34.8 Å². The zero-order valence-electron chi connectivity index (χ0n) is 15.6. The number of nitrogens with one attached hydrogen (secondary N) is 1. The van der Waals surface area contributed by atoms with Crippen molar-refractivity contribution < 1.29 is 9.59 Å². The molecule has 0 spiro atoms. The summed E-state index contributed by atoms with van der Waals surface area (Å²) in [4.78, 5) is 26.6. The van der Waals surface area contributed by atoms with Crippen molar-refractivity contribution in [2.45, 2.75) is 46.0 Å². The van der Waals surface area contributed by atoms with Crippen LogP contribution in [0.3, 0.4) is 0 Å². The fraction of sp³-hybridized carbons (Fsp3) is 0.474. The summed E-state index contributed by atoms with van der Waals surface area (Å²) < 4.78 is 0. The third-order valence-corrected chi connectivity index (χ3v) is 5.71. The molecule has 0 saturated carbocycles. The van der Waals surface area contributed by atoms with Crippen LogP contribution in [0.25, 0.3) is 0 Å². The van der Waals surface area contributed by atoms with Gasteiger partial charge in [-0.3, -0.25) is 9.59 Å². The standard InChI is InChI=1S/C19H24N4O2S/c1-5-12-6-8-14(9-7-12)23-11-13(10-15(23)24)16(25)20-18-22-21-17(26-18)19(2,3)4/h6-9,13H,5,10-11H2,1-4H3,(H,20,22,25)/t13-/m0/s1. The molecule has 1 saturated heterocycles. The van der Waals surface area contributed by atoms with Crippen LogP contribution in [0.5, 0.6) is 0 Å². The Balaban J connectivity index is 1.65. The third kappa shape index (κ3) is 3.93. The first-order valence-electron chi connectivity index (χ1n) is 8.82. The number of nitrogens with zero attached hydrogens (tertiary/aromatic N) is 3. The average molecular weight is 372 g/mol. The van der Waals surface area contributed by atoms with Crippen molar-refractivity contribution in [3.8, 4) is 0 Å². The van der Waals surface area contributed by atoms with Crippen molar-refractivity contribution in [2.75, 3.05) is 16.8 Å². The molecular weight excluding hydrogens is 348 g/mol. The van der Waals surface area contributed by atoms with Crippen molar-refractivity contribution in [3.63, 3.8) is 0 Å². The monoisotopic (exact) mass is 372 g/mol. The summed E-state index contributed by atoms with van der Waals surface area (Å²) in [5.74, 6) is -0.583. The van der Waals surface area contributed by atoms with Crippen molar-refractivity contribution in [1.82, 2.24) is 10.2 Å². The Labute approximate surface area is 157 Å². The van der Waals surface area contributed by atoms with Gasteiger partial charge in [-0.1, -0.05) is 51.2 Å². The quantitative estimate of drug-likeness (QED) is 0.893. The minimum atomic E-state index is -0.379. The van der Waals surface area contributed by atoms with E-state index in [2.05, 4.69) is 43.2 Å². The maximum atomic E-state index is 12.5. The normalized spacial score (nSPS) is 17.6. The molecule has 0 aliphatic carbocycles. The van der Waals surface area contributed by atoms with E-state index in [4.69, 9.17) is 0 Å². The van der Waals surface area contributed by atoms with Gasteiger partial charge in [0.05, 0.1) is 5.92 Å².